The van der Waals surface area contributed by atoms with Crippen molar-refractivity contribution in [2.45, 2.75) is 18.8 Å². The number of methoxy groups -OCH3 is 1. The van der Waals surface area contributed by atoms with Crippen LogP contribution in [0.2, 0.25) is 5.02 Å². The predicted octanol–water partition coefficient (Wildman–Crippen LogP) is 4.90. The Bertz CT molecular complexity index is 815. The van der Waals surface area contributed by atoms with Crippen molar-refractivity contribution < 1.29 is 9.13 Å². The number of benzene rings is 1. The van der Waals surface area contributed by atoms with Gasteiger partial charge in [0, 0.05) is 29.6 Å². The second-order valence-electron chi connectivity index (χ2n) is 6.51. The van der Waals surface area contributed by atoms with Crippen LogP contribution in [0.5, 0.6) is 5.88 Å². The van der Waals surface area contributed by atoms with Crippen LogP contribution in [-0.2, 0) is 5.41 Å². The van der Waals surface area contributed by atoms with Gasteiger partial charge in [-0.25, -0.2) is 14.4 Å². The summed E-state index contributed by atoms with van der Waals surface area (Å²) in [5.41, 5.74) is 1.62. The van der Waals surface area contributed by atoms with Gasteiger partial charge < -0.3 is 9.64 Å². The number of hydrogen-bond acceptors (Lipinski definition) is 4. The van der Waals surface area contributed by atoms with Gasteiger partial charge in [0.15, 0.2) is 5.17 Å². The molecule has 1 atom stereocenters. The van der Waals surface area contributed by atoms with Gasteiger partial charge in [-0.3, -0.25) is 0 Å². The number of thioether (sulfide) groups is 1. The molecule has 2 aromatic rings. The molecule has 1 aliphatic heterocycles. The lowest BCUT2D eigenvalue weighted by Crippen LogP contribution is -2.31. The molecule has 2 heterocycles. The highest BCUT2D eigenvalue weighted by atomic mass is 35.5. The van der Waals surface area contributed by atoms with Gasteiger partial charge in [0.25, 0.3) is 0 Å². The Morgan fingerprint density at radius 1 is 1.38 bits per heavy atom. The molecular formula is C19H21ClFN3OS. The minimum absolute atomic E-state index is 0.139. The number of rotatable bonds is 3. The molecule has 0 saturated carbocycles. The summed E-state index contributed by atoms with van der Waals surface area (Å²) in [5, 5.41) is 1.41. The Hall–Kier alpha value is -1.79. The van der Waals surface area contributed by atoms with Crippen molar-refractivity contribution in [1.29, 1.82) is 0 Å². The zero-order valence-corrected chi connectivity index (χ0v) is 16.6. The topological polar surface area (TPSA) is 37.7 Å². The summed E-state index contributed by atoms with van der Waals surface area (Å²) in [6.07, 6.45) is 4.64. The van der Waals surface area contributed by atoms with E-state index in [1.165, 1.54) is 12.1 Å². The summed E-state index contributed by atoms with van der Waals surface area (Å²) in [6.45, 7) is 3.81. The van der Waals surface area contributed by atoms with Crippen LogP contribution in [-0.4, -0.2) is 41.5 Å². The van der Waals surface area contributed by atoms with Gasteiger partial charge in [0.2, 0.25) is 5.88 Å². The Kier molecular flexibility index (Phi) is 5.73. The monoisotopic (exact) mass is 393 g/mol. The third-order valence-corrected chi connectivity index (χ3v) is 5.69. The number of halogens is 2. The lowest BCUT2D eigenvalue weighted by molar-refractivity contribution is 0.398. The fourth-order valence-corrected chi connectivity index (χ4v) is 4.24. The molecule has 1 fully saturated rings. The van der Waals surface area contributed by atoms with Gasteiger partial charge in [-0.1, -0.05) is 36.4 Å². The smallest absolute Gasteiger partial charge is 0.213 e. The lowest BCUT2D eigenvalue weighted by Gasteiger charge is -2.27. The lowest BCUT2D eigenvalue weighted by atomic mass is 9.82. The zero-order chi connectivity index (χ0) is 18.7. The first-order chi connectivity index (χ1) is 12.4. The number of ether oxygens (including phenoxy) is 1. The van der Waals surface area contributed by atoms with Gasteiger partial charge in [-0.05, 0) is 36.4 Å². The molecule has 4 nitrogen and oxygen atoms in total. The van der Waals surface area contributed by atoms with E-state index in [1.54, 1.807) is 37.2 Å². The highest BCUT2D eigenvalue weighted by Crippen LogP contribution is 2.39. The first-order valence-corrected chi connectivity index (χ1v) is 9.88. The number of amidine groups is 1. The van der Waals surface area contributed by atoms with E-state index >= 15 is 0 Å². The summed E-state index contributed by atoms with van der Waals surface area (Å²) in [5.74, 6) is 0.255. The average Bonchev–Trinajstić information content (AvgIpc) is 3.03. The van der Waals surface area contributed by atoms with Crippen molar-refractivity contribution in [3.63, 3.8) is 0 Å². The molecule has 26 heavy (non-hydrogen) atoms. The number of hydrogen-bond donors (Lipinski definition) is 0. The summed E-state index contributed by atoms with van der Waals surface area (Å²) < 4.78 is 18.5. The maximum Gasteiger partial charge on any atom is 0.213 e. The number of aromatic nitrogens is 1. The number of pyridine rings is 1. The van der Waals surface area contributed by atoms with Crippen molar-refractivity contribution in [1.82, 2.24) is 9.88 Å². The fourth-order valence-electron chi connectivity index (χ4n) is 3.24. The second-order valence-corrected chi connectivity index (χ2v) is 7.69. The Morgan fingerprint density at radius 3 is 2.81 bits per heavy atom. The van der Waals surface area contributed by atoms with Crippen LogP contribution in [0.4, 0.5) is 10.1 Å². The van der Waals surface area contributed by atoms with E-state index in [4.69, 9.17) is 21.3 Å². The Labute approximate surface area is 162 Å². The molecule has 0 bridgehead atoms. The van der Waals surface area contributed by atoms with Crippen LogP contribution in [0.1, 0.15) is 18.9 Å². The van der Waals surface area contributed by atoms with Crippen molar-refractivity contribution in [3.05, 3.63) is 52.9 Å². The fraction of sp³-hybridized carbons (Fsp3) is 0.368. The van der Waals surface area contributed by atoms with Gasteiger partial charge in [-0.2, -0.15) is 0 Å². The number of aliphatic imine (C=N–C) groups is 1. The molecule has 138 valence electrons. The normalized spacial score (nSPS) is 20.5. The molecule has 1 saturated heterocycles. The molecule has 0 radical (unpaired) electrons. The van der Waals surface area contributed by atoms with E-state index in [0.717, 1.165) is 35.9 Å². The molecule has 0 N–H and O–H groups in total. The van der Waals surface area contributed by atoms with Crippen molar-refractivity contribution in [2.75, 3.05) is 26.5 Å². The molecule has 7 heteroatoms. The maximum absolute atomic E-state index is 13.4. The minimum Gasteiger partial charge on any atom is -0.481 e. The summed E-state index contributed by atoms with van der Waals surface area (Å²) in [6, 6.07) is 8.33. The van der Waals surface area contributed by atoms with Crippen LogP contribution < -0.4 is 4.74 Å². The predicted molar refractivity (Wildman–Crippen MR) is 106 cm³/mol. The van der Waals surface area contributed by atoms with Crippen LogP contribution in [0, 0.1) is 5.82 Å². The van der Waals surface area contributed by atoms with Crippen LogP contribution in [0.15, 0.2) is 41.5 Å². The van der Waals surface area contributed by atoms with E-state index in [1.807, 2.05) is 12.3 Å². The number of nitrogens with zero attached hydrogens (tertiary/aromatic N) is 3. The van der Waals surface area contributed by atoms with E-state index < -0.39 is 0 Å². The molecule has 1 aliphatic rings. The molecule has 0 amide bonds. The quantitative estimate of drug-likeness (QED) is 0.549. The summed E-state index contributed by atoms with van der Waals surface area (Å²) >= 11 is 7.90. The number of likely N-dealkylation sites (tertiary alicyclic amines) is 1. The molecule has 3 rings (SSSR count). The Balaban J connectivity index is 1.81. The van der Waals surface area contributed by atoms with Crippen LogP contribution in [0.3, 0.4) is 0 Å². The van der Waals surface area contributed by atoms with E-state index in [9.17, 15) is 4.39 Å². The zero-order valence-electron chi connectivity index (χ0n) is 15.0. The van der Waals surface area contributed by atoms with Crippen LogP contribution in [0.25, 0.3) is 0 Å². The van der Waals surface area contributed by atoms with Crippen LogP contribution >= 0.6 is 23.4 Å². The van der Waals surface area contributed by atoms with E-state index in [2.05, 4.69) is 16.8 Å². The minimum atomic E-state index is -0.310. The third kappa shape index (κ3) is 3.96. The highest BCUT2D eigenvalue weighted by molar-refractivity contribution is 8.13. The van der Waals surface area contributed by atoms with Crippen molar-refractivity contribution >= 4 is 34.2 Å². The standard InChI is InChI=1S/C19H21ClFN3OS/c1-19(15-6-4-13(21)10-16(15)20)8-9-24(12-19)18(26-3)23-14-5-7-17(25-2)22-11-14/h4-7,10-11H,8-9,12H2,1-3H3/b23-18+/t19-/m1/s1. The van der Waals surface area contributed by atoms with Crippen molar-refractivity contribution in [2.24, 2.45) is 4.99 Å². The summed E-state index contributed by atoms with van der Waals surface area (Å²) in [7, 11) is 1.59. The molecule has 0 unspecified atom stereocenters. The molecule has 0 spiro atoms. The maximum atomic E-state index is 13.4. The molecule has 1 aromatic carbocycles. The largest absolute Gasteiger partial charge is 0.481 e. The molecule has 0 aliphatic carbocycles. The van der Waals surface area contributed by atoms with Gasteiger partial charge in [-0.15, -0.1) is 0 Å². The highest BCUT2D eigenvalue weighted by Gasteiger charge is 2.38. The van der Waals surface area contributed by atoms with E-state index in [0.29, 0.717) is 10.9 Å². The second kappa shape index (κ2) is 7.84. The summed E-state index contributed by atoms with van der Waals surface area (Å²) in [4.78, 5) is 11.2. The molecular weight excluding hydrogens is 373 g/mol. The average molecular weight is 394 g/mol. The van der Waals surface area contributed by atoms with E-state index in [-0.39, 0.29) is 11.2 Å². The molecule has 1 aromatic heterocycles. The van der Waals surface area contributed by atoms with Gasteiger partial charge >= 0.3 is 0 Å². The third-order valence-electron chi connectivity index (χ3n) is 4.66. The van der Waals surface area contributed by atoms with Gasteiger partial charge in [0.05, 0.1) is 19.0 Å². The first kappa shape index (κ1) is 19.0. The Morgan fingerprint density at radius 2 is 2.19 bits per heavy atom. The first-order valence-electron chi connectivity index (χ1n) is 8.28. The van der Waals surface area contributed by atoms with Crippen molar-refractivity contribution in [3.8, 4) is 5.88 Å². The van der Waals surface area contributed by atoms with Gasteiger partial charge in [0.1, 0.15) is 5.82 Å². The SMILES string of the molecule is COc1ccc(/N=C(/SC)N2CC[C@@](C)(c3ccc(F)cc3Cl)C2)cn1.